The standard InChI is InChI=1S/C17H26N2O3/c1-5-6-7-11-15(20)18-19-17(21)14(4)22-16-12(2)9-8-10-13(16)3/h8-10,14H,5-7,11H2,1-4H3,(H,18,20)(H,19,21). The lowest BCUT2D eigenvalue weighted by Crippen LogP contribution is -2.47. The van der Waals surface area contributed by atoms with Crippen LogP contribution in [0.3, 0.4) is 0 Å². The Morgan fingerprint density at radius 1 is 1.14 bits per heavy atom. The molecule has 0 aromatic heterocycles. The number of ether oxygens (including phenoxy) is 1. The summed E-state index contributed by atoms with van der Waals surface area (Å²) in [6.07, 6.45) is 2.62. The van der Waals surface area contributed by atoms with Gasteiger partial charge in [-0.15, -0.1) is 0 Å². The van der Waals surface area contributed by atoms with Gasteiger partial charge in [-0.3, -0.25) is 20.4 Å². The Labute approximate surface area is 132 Å². The van der Waals surface area contributed by atoms with Crippen LogP contribution in [0.25, 0.3) is 0 Å². The average Bonchev–Trinajstić information content (AvgIpc) is 2.48. The molecule has 2 amide bonds. The number of unbranched alkanes of at least 4 members (excludes halogenated alkanes) is 2. The molecule has 0 aliphatic rings. The lowest BCUT2D eigenvalue weighted by Gasteiger charge is -2.18. The molecule has 2 N–H and O–H groups in total. The Kier molecular flexibility index (Phi) is 7.43. The number of amides is 2. The molecule has 5 nitrogen and oxygen atoms in total. The maximum Gasteiger partial charge on any atom is 0.279 e. The molecule has 0 spiro atoms. The second-order valence-electron chi connectivity index (χ2n) is 5.48. The minimum absolute atomic E-state index is 0.180. The summed E-state index contributed by atoms with van der Waals surface area (Å²) in [5, 5.41) is 0. The first-order valence-corrected chi connectivity index (χ1v) is 7.77. The summed E-state index contributed by atoms with van der Waals surface area (Å²) in [6.45, 7) is 7.60. The van der Waals surface area contributed by atoms with Gasteiger partial charge in [-0.25, -0.2) is 0 Å². The lowest BCUT2D eigenvalue weighted by molar-refractivity contribution is -0.132. The van der Waals surface area contributed by atoms with Gasteiger partial charge in [0.1, 0.15) is 5.75 Å². The number of hydrogen-bond acceptors (Lipinski definition) is 3. The van der Waals surface area contributed by atoms with Crippen molar-refractivity contribution in [3.63, 3.8) is 0 Å². The summed E-state index contributed by atoms with van der Waals surface area (Å²) in [6, 6.07) is 5.81. The third-order valence-electron chi connectivity index (χ3n) is 3.41. The summed E-state index contributed by atoms with van der Waals surface area (Å²) in [5.74, 6) is 0.159. The van der Waals surface area contributed by atoms with Crippen LogP contribution in [0.15, 0.2) is 18.2 Å². The second-order valence-corrected chi connectivity index (χ2v) is 5.48. The molecule has 1 aromatic carbocycles. The predicted octanol–water partition coefficient (Wildman–Crippen LogP) is 2.80. The number of aryl methyl sites for hydroxylation is 2. The van der Waals surface area contributed by atoms with Crippen LogP contribution >= 0.6 is 0 Å². The molecule has 0 radical (unpaired) electrons. The molecule has 0 saturated heterocycles. The van der Waals surface area contributed by atoms with Crippen molar-refractivity contribution in [2.24, 2.45) is 0 Å². The molecule has 1 unspecified atom stereocenters. The van der Waals surface area contributed by atoms with Crippen molar-refractivity contribution in [2.45, 2.75) is 59.5 Å². The number of nitrogens with one attached hydrogen (secondary N) is 2. The molecular weight excluding hydrogens is 280 g/mol. The molecule has 1 atom stereocenters. The third kappa shape index (κ3) is 5.76. The van der Waals surface area contributed by atoms with E-state index in [-0.39, 0.29) is 11.8 Å². The van der Waals surface area contributed by atoms with Crippen molar-refractivity contribution in [1.82, 2.24) is 10.9 Å². The van der Waals surface area contributed by atoms with E-state index < -0.39 is 6.10 Å². The second kappa shape index (κ2) is 9.07. The molecule has 22 heavy (non-hydrogen) atoms. The van der Waals surface area contributed by atoms with E-state index >= 15 is 0 Å². The van der Waals surface area contributed by atoms with Gasteiger partial charge in [0.15, 0.2) is 6.10 Å². The molecule has 0 heterocycles. The number of carbonyl (C=O) groups is 2. The van der Waals surface area contributed by atoms with Gasteiger partial charge in [0.25, 0.3) is 5.91 Å². The Hall–Kier alpha value is -2.04. The van der Waals surface area contributed by atoms with Crippen molar-refractivity contribution in [3.8, 4) is 5.75 Å². The van der Waals surface area contributed by atoms with Crippen LogP contribution in [0.5, 0.6) is 5.75 Å². The van der Waals surface area contributed by atoms with Crippen LogP contribution in [0.1, 0.15) is 50.7 Å². The highest BCUT2D eigenvalue weighted by Gasteiger charge is 2.17. The summed E-state index contributed by atoms with van der Waals surface area (Å²) < 4.78 is 5.71. The summed E-state index contributed by atoms with van der Waals surface area (Å²) in [4.78, 5) is 23.5. The molecule has 0 aliphatic carbocycles. The Morgan fingerprint density at radius 3 is 2.36 bits per heavy atom. The van der Waals surface area contributed by atoms with Gasteiger partial charge in [0, 0.05) is 6.42 Å². The number of hydrazine groups is 1. The molecule has 0 aliphatic heterocycles. The summed E-state index contributed by atoms with van der Waals surface area (Å²) >= 11 is 0. The van der Waals surface area contributed by atoms with Crippen LogP contribution in [0.4, 0.5) is 0 Å². The Bertz CT molecular complexity index is 494. The van der Waals surface area contributed by atoms with Crippen molar-refractivity contribution >= 4 is 11.8 Å². The lowest BCUT2D eigenvalue weighted by atomic mass is 10.1. The van der Waals surface area contributed by atoms with E-state index in [0.717, 1.165) is 30.4 Å². The van der Waals surface area contributed by atoms with Gasteiger partial charge in [-0.05, 0) is 38.3 Å². The third-order valence-corrected chi connectivity index (χ3v) is 3.41. The highest BCUT2D eigenvalue weighted by molar-refractivity contribution is 5.84. The van der Waals surface area contributed by atoms with Crippen molar-refractivity contribution < 1.29 is 14.3 Å². The van der Waals surface area contributed by atoms with Gasteiger partial charge >= 0.3 is 0 Å². The molecule has 0 saturated carbocycles. The maximum absolute atomic E-state index is 12.0. The smallest absolute Gasteiger partial charge is 0.279 e. The zero-order valence-corrected chi connectivity index (χ0v) is 13.9. The van der Waals surface area contributed by atoms with Crippen LogP contribution < -0.4 is 15.6 Å². The maximum atomic E-state index is 12.0. The Morgan fingerprint density at radius 2 is 1.77 bits per heavy atom. The Balaban J connectivity index is 2.44. The molecule has 122 valence electrons. The minimum atomic E-state index is -0.684. The number of rotatable bonds is 7. The summed E-state index contributed by atoms with van der Waals surface area (Å²) in [5.41, 5.74) is 6.77. The molecule has 5 heteroatoms. The van der Waals surface area contributed by atoms with E-state index in [9.17, 15) is 9.59 Å². The fourth-order valence-electron chi connectivity index (χ4n) is 2.05. The monoisotopic (exact) mass is 306 g/mol. The highest BCUT2D eigenvalue weighted by atomic mass is 16.5. The van der Waals surface area contributed by atoms with Gasteiger partial charge < -0.3 is 4.74 Å². The topological polar surface area (TPSA) is 67.4 Å². The van der Waals surface area contributed by atoms with Crippen LogP contribution in [0.2, 0.25) is 0 Å². The molecule has 0 fully saturated rings. The fourth-order valence-corrected chi connectivity index (χ4v) is 2.05. The minimum Gasteiger partial charge on any atom is -0.480 e. The molecule has 1 aromatic rings. The zero-order valence-electron chi connectivity index (χ0n) is 13.9. The number of carbonyl (C=O) groups excluding carboxylic acids is 2. The van der Waals surface area contributed by atoms with Gasteiger partial charge in [0.2, 0.25) is 5.91 Å². The van der Waals surface area contributed by atoms with Gasteiger partial charge in [-0.2, -0.15) is 0 Å². The van der Waals surface area contributed by atoms with E-state index in [1.54, 1.807) is 6.92 Å². The largest absolute Gasteiger partial charge is 0.480 e. The molecule has 1 rings (SSSR count). The zero-order chi connectivity index (χ0) is 16.5. The normalized spacial score (nSPS) is 11.6. The van der Waals surface area contributed by atoms with Crippen LogP contribution in [0, 0.1) is 13.8 Å². The van der Waals surface area contributed by atoms with E-state index in [2.05, 4.69) is 17.8 Å². The number of para-hydroxylation sites is 1. The van der Waals surface area contributed by atoms with Gasteiger partial charge in [-0.1, -0.05) is 38.0 Å². The van der Waals surface area contributed by atoms with E-state index in [4.69, 9.17) is 4.74 Å². The van der Waals surface area contributed by atoms with E-state index in [1.807, 2.05) is 32.0 Å². The first-order chi connectivity index (χ1) is 10.5. The average molecular weight is 306 g/mol. The summed E-state index contributed by atoms with van der Waals surface area (Å²) in [7, 11) is 0. The van der Waals surface area contributed by atoms with Crippen molar-refractivity contribution in [3.05, 3.63) is 29.3 Å². The molecule has 0 bridgehead atoms. The first kappa shape index (κ1) is 18.0. The van der Waals surface area contributed by atoms with E-state index in [1.165, 1.54) is 0 Å². The van der Waals surface area contributed by atoms with Crippen molar-refractivity contribution in [2.75, 3.05) is 0 Å². The molecular formula is C17H26N2O3. The number of hydrogen-bond donors (Lipinski definition) is 2. The van der Waals surface area contributed by atoms with E-state index in [0.29, 0.717) is 12.2 Å². The SMILES string of the molecule is CCCCCC(=O)NNC(=O)C(C)Oc1c(C)cccc1C. The highest BCUT2D eigenvalue weighted by Crippen LogP contribution is 2.23. The van der Waals surface area contributed by atoms with Gasteiger partial charge in [0.05, 0.1) is 0 Å². The first-order valence-electron chi connectivity index (χ1n) is 7.77. The quantitative estimate of drug-likeness (QED) is 0.601. The predicted molar refractivity (Wildman–Crippen MR) is 86.4 cm³/mol. The van der Waals surface area contributed by atoms with Crippen LogP contribution in [-0.2, 0) is 9.59 Å². The van der Waals surface area contributed by atoms with Crippen molar-refractivity contribution in [1.29, 1.82) is 0 Å². The fraction of sp³-hybridized carbons (Fsp3) is 0.529. The number of benzene rings is 1. The van der Waals surface area contributed by atoms with Crippen LogP contribution in [-0.4, -0.2) is 17.9 Å².